The van der Waals surface area contributed by atoms with Gasteiger partial charge in [-0.25, -0.2) is 4.39 Å². The SMILES string of the molecule is C=N/C=C(/O)C(C)N1C[C@H]2CC(Oc3ccccc3F)C[C@H]2C1. The molecular weight excluding hydrogens is 295 g/mol. The molecule has 2 unspecified atom stereocenters. The summed E-state index contributed by atoms with van der Waals surface area (Å²) in [6.07, 6.45) is 3.36. The van der Waals surface area contributed by atoms with Crippen molar-refractivity contribution in [2.45, 2.75) is 31.9 Å². The molecule has 0 aromatic heterocycles. The second-order valence-electron chi connectivity index (χ2n) is 6.53. The molecule has 1 N–H and O–H groups in total. The van der Waals surface area contributed by atoms with Gasteiger partial charge in [0.05, 0.1) is 18.3 Å². The van der Waals surface area contributed by atoms with Crippen LogP contribution in [0.2, 0.25) is 0 Å². The number of ether oxygens (including phenoxy) is 1. The Morgan fingerprint density at radius 2 is 2.04 bits per heavy atom. The summed E-state index contributed by atoms with van der Waals surface area (Å²) < 4.78 is 19.5. The van der Waals surface area contributed by atoms with Gasteiger partial charge in [0.15, 0.2) is 11.6 Å². The van der Waals surface area contributed by atoms with Gasteiger partial charge in [0, 0.05) is 13.1 Å². The Morgan fingerprint density at radius 3 is 2.65 bits per heavy atom. The predicted octanol–water partition coefficient (Wildman–Crippen LogP) is 3.40. The smallest absolute Gasteiger partial charge is 0.165 e. The van der Waals surface area contributed by atoms with Crippen LogP contribution >= 0.6 is 0 Å². The maximum atomic E-state index is 13.7. The lowest BCUT2D eigenvalue weighted by Crippen LogP contribution is -2.34. The van der Waals surface area contributed by atoms with Gasteiger partial charge in [0.25, 0.3) is 0 Å². The van der Waals surface area contributed by atoms with Gasteiger partial charge >= 0.3 is 0 Å². The first kappa shape index (κ1) is 16.0. The van der Waals surface area contributed by atoms with Gasteiger partial charge in [-0.1, -0.05) is 12.1 Å². The first-order valence-electron chi connectivity index (χ1n) is 8.08. The number of aliphatic hydroxyl groups excluding tert-OH is 1. The number of nitrogens with zero attached hydrogens (tertiary/aromatic N) is 2. The molecule has 1 aromatic rings. The molecule has 5 heteroatoms. The van der Waals surface area contributed by atoms with Gasteiger partial charge in [0.2, 0.25) is 0 Å². The molecule has 1 aliphatic carbocycles. The van der Waals surface area contributed by atoms with Crippen molar-refractivity contribution in [3.05, 3.63) is 42.0 Å². The summed E-state index contributed by atoms with van der Waals surface area (Å²) >= 11 is 0. The largest absolute Gasteiger partial charge is 0.509 e. The number of halogens is 1. The molecule has 23 heavy (non-hydrogen) atoms. The maximum absolute atomic E-state index is 13.7. The van der Waals surface area contributed by atoms with Crippen molar-refractivity contribution in [1.82, 2.24) is 4.90 Å². The van der Waals surface area contributed by atoms with Crippen molar-refractivity contribution in [2.24, 2.45) is 16.8 Å². The highest BCUT2D eigenvalue weighted by Crippen LogP contribution is 2.41. The van der Waals surface area contributed by atoms with Crippen molar-refractivity contribution >= 4 is 6.72 Å². The Kier molecular flexibility index (Phi) is 4.66. The molecule has 0 bridgehead atoms. The molecule has 2 aliphatic rings. The molecular formula is C18H23FN2O2. The van der Waals surface area contributed by atoms with Gasteiger partial charge in [-0.2, -0.15) is 0 Å². The molecule has 1 saturated carbocycles. The maximum Gasteiger partial charge on any atom is 0.165 e. The van der Waals surface area contributed by atoms with E-state index in [1.165, 1.54) is 12.3 Å². The lowest BCUT2D eigenvalue weighted by atomic mass is 10.0. The van der Waals surface area contributed by atoms with Gasteiger partial charge < -0.3 is 9.84 Å². The highest BCUT2D eigenvalue weighted by atomic mass is 19.1. The summed E-state index contributed by atoms with van der Waals surface area (Å²) in [5.41, 5.74) is 0. The highest BCUT2D eigenvalue weighted by molar-refractivity contribution is 5.26. The Hall–Kier alpha value is -1.88. The zero-order valence-electron chi connectivity index (χ0n) is 13.4. The molecule has 3 rings (SSSR count). The van der Waals surface area contributed by atoms with E-state index in [0.29, 0.717) is 17.6 Å². The standard InChI is InChI=1S/C18H23FN2O2/c1-12(17(22)9-20-2)21-10-13-7-15(8-14(13)11-21)23-18-6-4-3-5-16(18)19/h3-6,9,12-15,22H,2,7-8,10-11H2,1H3/b17-9+/t12?,13-,14+,15?. The van der Waals surface area contributed by atoms with E-state index in [1.54, 1.807) is 18.2 Å². The van der Waals surface area contributed by atoms with Crippen molar-refractivity contribution in [3.8, 4) is 5.75 Å². The summed E-state index contributed by atoms with van der Waals surface area (Å²) in [7, 11) is 0. The number of rotatable bonds is 5. The summed E-state index contributed by atoms with van der Waals surface area (Å²) in [4.78, 5) is 5.89. The average molecular weight is 318 g/mol. The summed E-state index contributed by atoms with van der Waals surface area (Å²) in [6.45, 7) is 7.21. The van der Waals surface area contributed by atoms with Crippen LogP contribution in [-0.2, 0) is 0 Å². The van der Waals surface area contributed by atoms with E-state index in [2.05, 4.69) is 16.6 Å². The van der Waals surface area contributed by atoms with Crippen molar-refractivity contribution in [1.29, 1.82) is 0 Å². The number of fused-ring (bicyclic) bond motifs is 1. The summed E-state index contributed by atoms with van der Waals surface area (Å²) in [5, 5.41) is 9.94. The van der Waals surface area contributed by atoms with E-state index in [0.717, 1.165) is 25.9 Å². The number of aliphatic hydroxyl groups is 1. The van der Waals surface area contributed by atoms with E-state index in [9.17, 15) is 9.50 Å². The second-order valence-corrected chi connectivity index (χ2v) is 6.53. The Bertz CT molecular complexity index is 590. The number of benzene rings is 1. The van der Waals surface area contributed by atoms with E-state index in [4.69, 9.17) is 4.74 Å². The van der Waals surface area contributed by atoms with E-state index in [-0.39, 0.29) is 23.7 Å². The van der Waals surface area contributed by atoms with Crippen molar-refractivity contribution in [2.75, 3.05) is 13.1 Å². The minimum Gasteiger partial charge on any atom is -0.509 e. The Balaban J connectivity index is 1.56. The molecule has 1 heterocycles. The third-order valence-electron chi connectivity index (χ3n) is 5.07. The van der Waals surface area contributed by atoms with Gasteiger partial charge in [-0.15, -0.1) is 0 Å². The molecule has 1 aliphatic heterocycles. The number of aliphatic imine (C=N–C) groups is 1. The number of hydrogen-bond acceptors (Lipinski definition) is 4. The molecule has 1 aromatic carbocycles. The first-order chi connectivity index (χ1) is 11.1. The number of likely N-dealkylation sites (tertiary alicyclic amines) is 1. The second kappa shape index (κ2) is 6.71. The van der Waals surface area contributed by atoms with Crippen LogP contribution < -0.4 is 4.74 Å². The van der Waals surface area contributed by atoms with E-state index < -0.39 is 0 Å². The van der Waals surface area contributed by atoms with Crippen LogP contribution in [0.15, 0.2) is 41.2 Å². The van der Waals surface area contributed by atoms with Crippen LogP contribution in [0.1, 0.15) is 19.8 Å². The fourth-order valence-corrected chi connectivity index (χ4v) is 3.80. The predicted molar refractivity (Wildman–Crippen MR) is 88.3 cm³/mol. The van der Waals surface area contributed by atoms with Gasteiger partial charge in [-0.05, 0) is 50.5 Å². The molecule has 4 atom stereocenters. The Labute approximate surface area is 136 Å². The molecule has 0 amide bonds. The van der Waals surface area contributed by atoms with E-state index in [1.807, 2.05) is 6.92 Å². The van der Waals surface area contributed by atoms with Gasteiger partial charge in [0.1, 0.15) is 5.76 Å². The molecule has 0 radical (unpaired) electrons. The topological polar surface area (TPSA) is 45.1 Å². The normalized spacial score (nSPS) is 29.3. The third-order valence-corrected chi connectivity index (χ3v) is 5.07. The molecule has 4 nitrogen and oxygen atoms in total. The highest BCUT2D eigenvalue weighted by Gasteiger charge is 2.43. The zero-order chi connectivity index (χ0) is 16.4. The molecule has 1 saturated heterocycles. The lowest BCUT2D eigenvalue weighted by molar-refractivity contribution is 0.163. The van der Waals surface area contributed by atoms with Crippen molar-refractivity contribution < 1.29 is 14.2 Å². The minimum absolute atomic E-state index is 0.0444. The van der Waals surface area contributed by atoms with Crippen LogP contribution in [0.4, 0.5) is 4.39 Å². The molecule has 0 spiro atoms. The fourth-order valence-electron chi connectivity index (χ4n) is 3.80. The summed E-state index contributed by atoms with van der Waals surface area (Å²) in [5.74, 6) is 1.38. The van der Waals surface area contributed by atoms with Crippen LogP contribution in [-0.4, -0.2) is 42.0 Å². The van der Waals surface area contributed by atoms with Crippen LogP contribution in [0.5, 0.6) is 5.75 Å². The third kappa shape index (κ3) is 3.39. The first-order valence-corrected chi connectivity index (χ1v) is 8.08. The summed E-state index contributed by atoms with van der Waals surface area (Å²) in [6, 6.07) is 6.53. The lowest BCUT2D eigenvalue weighted by Gasteiger charge is -2.25. The zero-order valence-corrected chi connectivity index (χ0v) is 13.4. The van der Waals surface area contributed by atoms with Crippen LogP contribution in [0.25, 0.3) is 0 Å². The number of para-hydroxylation sites is 1. The Morgan fingerprint density at radius 1 is 1.39 bits per heavy atom. The van der Waals surface area contributed by atoms with E-state index >= 15 is 0 Å². The van der Waals surface area contributed by atoms with Crippen molar-refractivity contribution in [3.63, 3.8) is 0 Å². The molecule has 124 valence electrons. The monoisotopic (exact) mass is 318 g/mol. The fraction of sp³-hybridized carbons (Fsp3) is 0.500. The van der Waals surface area contributed by atoms with Gasteiger partial charge in [-0.3, -0.25) is 9.89 Å². The average Bonchev–Trinajstić information content (AvgIpc) is 3.07. The van der Waals surface area contributed by atoms with Crippen LogP contribution in [0, 0.1) is 17.7 Å². The minimum atomic E-state index is -0.299. The number of hydrogen-bond donors (Lipinski definition) is 1. The van der Waals surface area contributed by atoms with Crippen LogP contribution in [0.3, 0.4) is 0 Å². The quantitative estimate of drug-likeness (QED) is 0.668. The molecule has 2 fully saturated rings.